The Morgan fingerprint density at radius 1 is 0.854 bits per heavy atom. The van der Waals surface area contributed by atoms with Crippen LogP contribution >= 0.6 is 0 Å². The van der Waals surface area contributed by atoms with E-state index in [9.17, 15) is 0 Å². The standard InChI is InChI=1S/C36H33N3O.Pt/c1-23(2)20-24-10-6-11-25(21-24)28-12-7-13-29(38-28)27-22-26(36(3,4)5)17-18-30(27)39-31-14-8-15-32-34(31)35-33(40-32)16-9-19-37-35;/h6-10,12-19,21-23H,20H2,1-5H3;/q-2;+2. The maximum absolute atomic E-state index is 6.07. The molecule has 0 aliphatic rings. The van der Waals surface area contributed by atoms with Crippen molar-refractivity contribution in [2.24, 2.45) is 5.92 Å². The number of fused-ring (bicyclic) bond motifs is 3. The van der Waals surface area contributed by atoms with Gasteiger partial charge in [0, 0.05) is 11.6 Å². The molecule has 41 heavy (non-hydrogen) atoms. The van der Waals surface area contributed by atoms with Gasteiger partial charge in [0.15, 0.2) is 5.58 Å². The molecule has 6 rings (SSSR count). The van der Waals surface area contributed by atoms with Crippen LogP contribution in [-0.2, 0) is 32.9 Å². The molecule has 0 radical (unpaired) electrons. The van der Waals surface area contributed by atoms with E-state index in [2.05, 4.69) is 94.2 Å². The van der Waals surface area contributed by atoms with E-state index in [1.165, 1.54) is 11.1 Å². The molecule has 0 unspecified atom stereocenters. The minimum absolute atomic E-state index is 0. The summed E-state index contributed by atoms with van der Waals surface area (Å²) in [5, 5.41) is 6.11. The summed E-state index contributed by atoms with van der Waals surface area (Å²) < 4.78 is 6.07. The molecule has 3 aromatic heterocycles. The van der Waals surface area contributed by atoms with Crippen LogP contribution < -0.4 is 0 Å². The van der Waals surface area contributed by atoms with E-state index >= 15 is 0 Å². The van der Waals surface area contributed by atoms with Crippen LogP contribution in [0.3, 0.4) is 0 Å². The molecule has 0 aliphatic heterocycles. The minimum Gasteiger partial charge on any atom is -0.657 e. The van der Waals surface area contributed by atoms with Gasteiger partial charge >= 0.3 is 21.1 Å². The molecule has 3 aromatic carbocycles. The van der Waals surface area contributed by atoms with Crippen LogP contribution in [0.1, 0.15) is 45.7 Å². The zero-order chi connectivity index (χ0) is 27.9. The predicted molar refractivity (Wildman–Crippen MR) is 165 cm³/mol. The van der Waals surface area contributed by atoms with Gasteiger partial charge in [-0.2, -0.15) is 0 Å². The summed E-state index contributed by atoms with van der Waals surface area (Å²) in [4.78, 5) is 9.74. The normalized spacial score (nSPS) is 11.7. The van der Waals surface area contributed by atoms with Crippen LogP contribution in [0.5, 0.6) is 0 Å². The van der Waals surface area contributed by atoms with Gasteiger partial charge in [-0.15, -0.1) is 46.8 Å². The van der Waals surface area contributed by atoms with E-state index in [1.807, 2.05) is 36.4 Å². The van der Waals surface area contributed by atoms with E-state index in [4.69, 9.17) is 14.7 Å². The molecule has 0 spiro atoms. The monoisotopic (exact) mass is 718 g/mol. The van der Waals surface area contributed by atoms with Crippen molar-refractivity contribution >= 4 is 33.4 Å². The van der Waals surface area contributed by atoms with Crippen molar-refractivity contribution in [1.29, 1.82) is 0 Å². The van der Waals surface area contributed by atoms with Crippen LogP contribution in [-0.4, -0.2) is 9.97 Å². The topological polar surface area (TPSA) is 53.0 Å². The van der Waals surface area contributed by atoms with Crippen molar-refractivity contribution in [3.05, 3.63) is 114 Å². The third-order valence-corrected chi connectivity index (χ3v) is 7.15. The molecule has 4 nitrogen and oxygen atoms in total. The third-order valence-electron chi connectivity index (χ3n) is 7.15. The predicted octanol–water partition coefficient (Wildman–Crippen LogP) is 10.3. The van der Waals surface area contributed by atoms with Gasteiger partial charge in [0.25, 0.3) is 0 Å². The molecule has 5 heteroatoms. The quantitative estimate of drug-likeness (QED) is 0.161. The minimum atomic E-state index is -0.0193. The zero-order valence-corrected chi connectivity index (χ0v) is 26.3. The number of rotatable bonds is 6. The third kappa shape index (κ3) is 5.99. The molecule has 0 N–H and O–H groups in total. The second kappa shape index (κ2) is 11.6. The molecule has 0 amide bonds. The van der Waals surface area contributed by atoms with Crippen LogP contribution in [0.4, 0.5) is 11.4 Å². The Morgan fingerprint density at radius 3 is 2.44 bits per heavy atom. The van der Waals surface area contributed by atoms with Crippen LogP contribution in [0, 0.1) is 12.0 Å². The van der Waals surface area contributed by atoms with Gasteiger partial charge in [-0.05, 0) is 58.8 Å². The summed E-state index contributed by atoms with van der Waals surface area (Å²) in [6, 6.07) is 32.3. The largest absolute Gasteiger partial charge is 2.00 e. The Bertz CT molecular complexity index is 1830. The van der Waals surface area contributed by atoms with E-state index in [0.29, 0.717) is 5.92 Å². The second-order valence-electron chi connectivity index (χ2n) is 11.8. The number of hydrogen-bond donors (Lipinski definition) is 0. The Labute approximate surface area is 256 Å². The molecular weight excluding hydrogens is 685 g/mol. The van der Waals surface area contributed by atoms with Crippen molar-refractivity contribution in [2.75, 3.05) is 0 Å². The van der Waals surface area contributed by atoms with Gasteiger partial charge in [0.1, 0.15) is 11.1 Å². The van der Waals surface area contributed by atoms with Crippen molar-refractivity contribution < 1.29 is 25.5 Å². The summed E-state index contributed by atoms with van der Waals surface area (Å²) >= 11 is 0. The van der Waals surface area contributed by atoms with Gasteiger partial charge in [-0.25, -0.2) is 0 Å². The first-order valence-electron chi connectivity index (χ1n) is 13.9. The Kier molecular flexibility index (Phi) is 8.15. The van der Waals surface area contributed by atoms with Gasteiger partial charge < -0.3 is 9.73 Å². The molecule has 0 saturated carbocycles. The Balaban J connectivity index is 0.00000337. The molecule has 0 bridgehead atoms. The summed E-state index contributed by atoms with van der Waals surface area (Å²) in [5.41, 5.74) is 10.3. The van der Waals surface area contributed by atoms with E-state index < -0.39 is 0 Å². The van der Waals surface area contributed by atoms with Crippen molar-refractivity contribution in [3.63, 3.8) is 0 Å². The molecule has 0 atom stereocenters. The van der Waals surface area contributed by atoms with E-state index in [-0.39, 0.29) is 26.5 Å². The number of hydrogen-bond acceptors (Lipinski definition) is 3. The summed E-state index contributed by atoms with van der Waals surface area (Å²) in [5.74, 6) is 0.589. The molecule has 208 valence electrons. The first kappa shape index (κ1) is 28.8. The number of benzene rings is 3. The maximum Gasteiger partial charge on any atom is 2.00 e. The molecule has 0 saturated heterocycles. The molecule has 6 aromatic rings. The number of aromatic nitrogens is 2. The average Bonchev–Trinajstić information content (AvgIpc) is 3.32. The fraction of sp³-hybridized carbons (Fsp3) is 0.222. The fourth-order valence-electron chi connectivity index (χ4n) is 5.14. The first-order chi connectivity index (χ1) is 19.3. The molecule has 0 fully saturated rings. The summed E-state index contributed by atoms with van der Waals surface area (Å²) in [6.45, 7) is 11.2. The molecular formula is C36H33N3OPt. The SMILES string of the molecule is CC(C)Cc1cc[c-]c(-c2cccc(-c3cc(C(C)(C)C)ccc3[N-]c3cccc4oc5cccnc5c34)n2)c1.[Pt+2]. The van der Waals surface area contributed by atoms with E-state index in [0.717, 1.165) is 62.4 Å². The van der Waals surface area contributed by atoms with Crippen LogP contribution in [0.2, 0.25) is 0 Å². The zero-order valence-electron chi connectivity index (χ0n) is 24.0. The summed E-state index contributed by atoms with van der Waals surface area (Å²) in [6.07, 6.45) is 2.82. The van der Waals surface area contributed by atoms with E-state index in [1.54, 1.807) is 6.20 Å². The first-order valence-corrected chi connectivity index (χ1v) is 13.9. The number of nitrogens with zero attached hydrogens (tertiary/aromatic N) is 3. The van der Waals surface area contributed by atoms with Crippen molar-refractivity contribution in [2.45, 2.75) is 46.5 Å². The Morgan fingerprint density at radius 2 is 1.63 bits per heavy atom. The number of pyridine rings is 2. The average molecular weight is 719 g/mol. The second-order valence-corrected chi connectivity index (χ2v) is 11.8. The fourth-order valence-corrected chi connectivity index (χ4v) is 5.14. The maximum atomic E-state index is 6.07. The number of furan rings is 1. The van der Waals surface area contributed by atoms with Gasteiger partial charge in [0.2, 0.25) is 0 Å². The van der Waals surface area contributed by atoms with Crippen LogP contribution in [0.15, 0.2) is 95.5 Å². The molecule has 0 aliphatic carbocycles. The van der Waals surface area contributed by atoms with Crippen LogP contribution in [0.25, 0.3) is 49.9 Å². The summed E-state index contributed by atoms with van der Waals surface area (Å²) in [7, 11) is 0. The smallest absolute Gasteiger partial charge is 0.657 e. The Hall–Kier alpha value is -3.75. The molecule has 3 heterocycles. The van der Waals surface area contributed by atoms with Gasteiger partial charge in [-0.1, -0.05) is 77.1 Å². The van der Waals surface area contributed by atoms with Crippen molar-refractivity contribution in [1.82, 2.24) is 9.97 Å². The van der Waals surface area contributed by atoms with Gasteiger partial charge in [-0.3, -0.25) is 9.97 Å². The van der Waals surface area contributed by atoms with Gasteiger partial charge in [0.05, 0.1) is 5.69 Å². The van der Waals surface area contributed by atoms with Crippen molar-refractivity contribution in [3.8, 4) is 22.5 Å².